The van der Waals surface area contributed by atoms with Gasteiger partial charge in [-0.3, -0.25) is 0 Å². The molecule has 0 aliphatic heterocycles. The van der Waals surface area contributed by atoms with Gasteiger partial charge in [0.25, 0.3) is 0 Å². The van der Waals surface area contributed by atoms with E-state index in [2.05, 4.69) is 18.8 Å². The van der Waals surface area contributed by atoms with Gasteiger partial charge in [0, 0.05) is 6.07 Å². The van der Waals surface area contributed by atoms with E-state index in [1.54, 1.807) is 12.1 Å². The van der Waals surface area contributed by atoms with Gasteiger partial charge in [-0.25, -0.2) is 0 Å². The summed E-state index contributed by atoms with van der Waals surface area (Å²) in [6.45, 7) is 4.53. The fraction of sp³-hybridized carbons (Fsp3) is 0.615. The zero-order chi connectivity index (χ0) is 11.5. The minimum absolute atomic E-state index is 0.195. The third-order valence-corrected chi connectivity index (χ3v) is 3.53. The summed E-state index contributed by atoms with van der Waals surface area (Å²) in [6, 6.07) is 4.68. The first kappa shape index (κ1) is 11.4. The molecule has 1 aliphatic carbocycles. The summed E-state index contributed by atoms with van der Waals surface area (Å²) < 4.78 is 18.6. The van der Waals surface area contributed by atoms with Crippen LogP contribution in [0.5, 0.6) is 5.88 Å². The predicted octanol–water partition coefficient (Wildman–Crippen LogP) is 3.42. The number of hydrogen-bond acceptors (Lipinski definition) is 2. The summed E-state index contributed by atoms with van der Waals surface area (Å²) in [5.74, 6) is 1.37. The number of rotatable bonds is 2. The van der Waals surface area contributed by atoms with Crippen LogP contribution < -0.4 is 4.74 Å². The normalized spacial score (nSPS) is 30.1. The summed E-state index contributed by atoms with van der Waals surface area (Å²) in [5.41, 5.74) is 0. The molecule has 3 atom stereocenters. The number of ether oxygens (including phenoxy) is 1. The molecule has 0 radical (unpaired) electrons. The number of aromatic nitrogens is 1. The maximum absolute atomic E-state index is 12.9. The fourth-order valence-electron chi connectivity index (χ4n) is 2.23. The number of hydrogen-bond donors (Lipinski definition) is 0. The quantitative estimate of drug-likeness (QED) is 0.717. The van der Waals surface area contributed by atoms with Crippen molar-refractivity contribution in [1.82, 2.24) is 4.98 Å². The zero-order valence-electron chi connectivity index (χ0n) is 9.82. The smallest absolute Gasteiger partial charge is 0.216 e. The minimum Gasteiger partial charge on any atom is -0.474 e. The van der Waals surface area contributed by atoms with Crippen molar-refractivity contribution in [3.8, 4) is 5.88 Å². The first-order valence-corrected chi connectivity index (χ1v) is 5.94. The number of nitrogens with zero attached hydrogens (tertiary/aromatic N) is 1. The first-order chi connectivity index (χ1) is 7.65. The Hall–Kier alpha value is -1.12. The van der Waals surface area contributed by atoms with Crippen LogP contribution in [0.15, 0.2) is 18.2 Å². The minimum atomic E-state index is -0.477. The summed E-state index contributed by atoms with van der Waals surface area (Å²) in [6.07, 6.45) is 3.46. The maximum Gasteiger partial charge on any atom is 0.216 e. The molecule has 2 nitrogen and oxygen atoms in total. The van der Waals surface area contributed by atoms with Gasteiger partial charge in [-0.15, -0.1) is 0 Å². The van der Waals surface area contributed by atoms with Crippen molar-refractivity contribution in [2.75, 3.05) is 0 Å². The van der Waals surface area contributed by atoms with Gasteiger partial charge in [0.2, 0.25) is 11.8 Å². The lowest BCUT2D eigenvalue weighted by Gasteiger charge is -2.31. The van der Waals surface area contributed by atoms with E-state index in [1.165, 1.54) is 12.5 Å². The van der Waals surface area contributed by atoms with E-state index in [-0.39, 0.29) is 6.10 Å². The molecule has 1 fully saturated rings. The van der Waals surface area contributed by atoms with Crippen LogP contribution in [0.2, 0.25) is 0 Å². The lowest BCUT2D eigenvalue weighted by Crippen LogP contribution is -2.29. The van der Waals surface area contributed by atoms with Gasteiger partial charge in [0.1, 0.15) is 6.10 Å². The first-order valence-electron chi connectivity index (χ1n) is 5.94. The molecule has 88 valence electrons. The molecule has 3 unspecified atom stereocenters. The molecule has 1 heterocycles. The van der Waals surface area contributed by atoms with E-state index in [1.807, 2.05) is 0 Å². The molecule has 1 aromatic rings. The third-order valence-electron chi connectivity index (χ3n) is 3.53. The number of halogens is 1. The van der Waals surface area contributed by atoms with Crippen LogP contribution in [0.3, 0.4) is 0 Å². The van der Waals surface area contributed by atoms with Crippen molar-refractivity contribution < 1.29 is 9.13 Å². The van der Waals surface area contributed by atoms with Crippen LogP contribution in [0, 0.1) is 17.8 Å². The Labute approximate surface area is 95.8 Å². The Morgan fingerprint density at radius 1 is 1.25 bits per heavy atom. The van der Waals surface area contributed by atoms with Gasteiger partial charge in [0.05, 0.1) is 0 Å². The molecule has 0 bridgehead atoms. The van der Waals surface area contributed by atoms with E-state index in [0.29, 0.717) is 11.8 Å². The monoisotopic (exact) mass is 223 g/mol. The SMILES string of the molecule is CC1CCC(Oc2cccc(F)n2)CC1C. The van der Waals surface area contributed by atoms with Gasteiger partial charge < -0.3 is 4.74 Å². The largest absolute Gasteiger partial charge is 0.474 e. The highest BCUT2D eigenvalue weighted by atomic mass is 19.1. The van der Waals surface area contributed by atoms with Gasteiger partial charge in [-0.2, -0.15) is 9.37 Å². The van der Waals surface area contributed by atoms with Gasteiger partial charge >= 0.3 is 0 Å². The predicted molar refractivity (Wildman–Crippen MR) is 60.8 cm³/mol. The summed E-state index contributed by atoms with van der Waals surface area (Å²) in [5, 5.41) is 0. The van der Waals surface area contributed by atoms with Crippen molar-refractivity contribution in [2.24, 2.45) is 11.8 Å². The lowest BCUT2D eigenvalue weighted by molar-refractivity contribution is 0.0956. The summed E-state index contributed by atoms with van der Waals surface area (Å²) >= 11 is 0. The van der Waals surface area contributed by atoms with Crippen LogP contribution in [0.1, 0.15) is 33.1 Å². The van der Waals surface area contributed by atoms with Gasteiger partial charge in [-0.1, -0.05) is 19.9 Å². The Morgan fingerprint density at radius 2 is 2.06 bits per heavy atom. The summed E-state index contributed by atoms with van der Waals surface area (Å²) in [4.78, 5) is 3.72. The van der Waals surface area contributed by atoms with E-state index >= 15 is 0 Å². The van der Waals surface area contributed by atoms with Crippen molar-refractivity contribution in [1.29, 1.82) is 0 Å². The molecular formula is C13H18FNO. The van der Waals surface area contributed by atoms with E-state index in [0.717, 1.165) is 18.8 Å². The molecule has 0 aromatic carbocycles. The van der Waals surface area contributed by atoms with Gasteiger partial charge in [0.15, 0.2) is 0 Å². The molecular weight excluding hydrogens is 205 g/mol. The molecule has 1 aromatic heterocycles. The van der Waals surface area contributed by atoms with Gasteiger partial charge in [-0.05, 0) is 37.2 Å². The summed E-state index contributed by atoms with van der Waals surface area (Å²) in [7, 11) is 0. The van der Waals surface area contributed by atoms with Crippen molar-refractivity contribution >= 4 is 0 Å². The van der Waals surface area contributed by atoms with E-state index in [4.69, 9.17) is 4.74 Å². The Kier molecular flexibility index (Phi) is 3.42. The highest BCUT2D eigenvalue weighted by molar-refractivity contribution is 5.10. The fourth-order valence-corrected chi connectivity index (χ4v) is 2.23. The second-order valence-electron chi connectivity index (χ2n) is 4.81. The van der Waals surface area contributed by atoms with E-state index < -0.39 is 5.95 Å². The van der Waals surface area contributed by atoms with Crippen LogP contribution in [-0.4, -0.2) is 11.1 Å². The molecule has 0 N–H and O–H groups in total. The van der Waals surface area contributed by atoms with Crippen molar-refractivity contribution in [3.63, 3.8) is 0 Å². The molecule has 0 spiro atoms. The molecule has 3 heteroatoms. The third kappa shape index (κ3) is 2.71. The van der Waals surface area contributed by atoms with Crippen LogP contribution in [0.4, 0.5) is 4.39 Å². The standard InChI is InChI=1S/C13H18FNO/c1-9-6-7-11(8-10(9)2)16-13-5-3-4-12(14)15-13/h3-5,9-11H,6-8H2,1-2H3. The van der Waals surface area contributed by atoms with Crippen molar-refractivity contribution in [3.05, 3.63) is 24.1 Å². The average molecular weight is 223 g/mol. The molecule has 1 aliphatic rings. The molecule has 0 saturated heterocycles. The maximum atomic E-state index is 12.9. The second kappa shape index (κ2) is 4.81. The molecule has 1 saturated carbocycles. The number of pyridine rings is 1. The highest BCUT2D eigenvalue weighted by Gasteiger charge is 2.25. The molecule has 2 rings (SSSR count). The van der Waals surface area contributed by atoms with Crippen LogP contribution in [0.25, 0.3) is 0 Å². The molecule has 0 amide bonds. The van der Waals surface area contributed by atoms with Crippen molar-refractivity contribution in [2.45, 2.75) is 39.2 Å². The highest BCUT2D eigenvalue weighted by Crippen LogP contribution is 2.31. The second-order valence-corrected chi connectivity index (χ2v) is 4.81. The lowest BCUT2D eigenvalue weighted by atomic mass is 9.80. The molecule has 16 heavy (non-hydrogen) atoms. The zero-order valence-corrected chi connectivity index (χ0v) is 9.82. The Balaban J connectivity index is 1.95. The average Bonchev–Trinajstić information content (AvgIpc) is 2.24. The Morgan fingerprint density at radius 3 is 2.75 bits per heavy atom. The van der Waals surface area contributed by atoms with Crippen LogP contribution >= 0.6 is 0 Å². The van der Waals surface area contributed by atoms with Crippen LogP contribution in [-0.2, 0) is 0 Å². The van der Waals surface area contributed by atoms with E-state index in [9.17, 15) is 4.39 Å². The Bertz CT molecular complexity index is 356. The topological polar surface area (TPSA) is 22.1 Å².